The molecule has 3 nitrogen and oxygen atoms in total. The van der Waals surface area contributed by atoms with Crippen LogP contribution in [0.2, 0.25) is 0 Å². The minimum absolute atomic E-state index is 0. The van der Waals surface area contributed by atoms with E-state index in [2.05, 4.69) is 281 Å². The van der Waals surface area contributed by atoms with Gasteiger partial charge in [-0.1, -0.05) is 172 Å². The summed E-state index contributed by atoms with van der Waals surface area (Å²) in [6.07, 6.45) is 11.7. The Kier molecular flexibility index (Phi) is 32.6. The molecular weight excluding hydrogens is 1320 g/mol. The Morgan fingerprint density at radius 1 is 0.207 bits per heavy atom. The summed E-state index contributed by atoms with van der Waals surface area (Å²) in [4.78, 5) is 0. The maximum Gasteiger partial charge on any atom is 0.114 e. The van der Waals surface area contributed by atoms with Crippen molar-refractivity contribution >= 4 is 69.5 Å². The average molecular weight is 1420 g/mol. The molecule has 0 fully saturated rings. The van der Waals surface area contributed by atoms with Gasteiger partial charge in [-0.2, -0.15) is 0 Å². The number of benzene rings is 9. The van der Waals surface area contributed by atoms with Crippen molar-refractivity contribution in [1.29, 1.82) is 0 Å². The van der Waals surface area contributed by atoms with E-state index in [0.717, 1.165) is 76.3 Å². The van der Waals surface area contributed by atoms with E-state index < -0.39 is 21.8 Å². The molecule has 3 N–H and O–H groups in total. The van der Waals surface area contributed by atoms with E-state index in [1.54, 1.807) is 0 Å². The number of rotatable bonds is 24. The first-order valence-corrected chi connectivity index (χ1v) is 37.3. The van der Waals surface area contributed by atoms with Crippen LogP contribution in [0.3, 0.4) is 0 Å². The molecule has 9 aromatic carbocycles. The van der Waals surface area contributed by atoms with Crippen LogP contribution >= 0.6 is 21.8 Å². The predicted molar refractivity (Wildman–Crippen MR) is 376 cm³/mol. The molecule has 0 radical (unpaired) electrons. The third kappa shape index (κ3) is 18.0. The lowest BCUT2D eigenvalue weighted by Gasteiger charge is -2.27. The largest absolute Gasteiger partial charge is 1.00 e. The van der Waals surface area contributed by atoms with E-state index in [1.165, 1.54) is 97.8 Å². The second kappa shape index (κ2) is 37.7. The number of aryl methyl sites for hydroxylation is 9. The van der Waals surface area contributed by atoms with Crippen molar-refractivity contribution in [3.8, 4) is 0 Å². The molecule has 9 heteroatoms. The van der Waals surface area contributed by atoms with Crippen molar-refractivity contribution in [2.45, 2.75) is 120 Å². The highest BCUT2D eigenvalue weighted by Crippen LogP contribution is 2.57. The Morgan fingerprint density at radius 3 is 0.368 bits per heavy atom. The normalized spacial score (nSPS) is 11.2. The first-order chi connectivity index (χ1) is 41.0. The van der Waals surface area contributed by atoms with Crippen LogP contribution in [0.25, 0.3) is 0 Å². The number of halogens is 3. The minimum Gasteiger partial charge on any atom is -1.00 e. The van der Waals surface area contributed by atoms with Crippen LogP contribution in [0.1, 0.15) is 112 Å². The molecule has 9 rings (SSSR count). The summed E-state index contributed by atoms with van der Waals surface area (Å²) >= 11 is 0. The lowest BCUT2D eigenvalue weighted by molar-refractivity contribution is -0.00100. The molecule has 0 aliphatic rings. The second-order valence-electron chi connectivity index (χ2n) is 22.0. The molecule has 0 aliphatic heterocycles. The van der Waals surface area contributed by atoms with Crippen molar-refractivity contribution in [1.82, 2.24) is 0 Å². The molecule has 0 atom stereocenters. The van der Waals surface area contributed by atoms with Crippen LogP contribution in [0.5, 0.6) is 0 Å². The van der Waals surface area contributed by atoms with Gasteiger partial charge in [0, 0.05) is 0 Å². The zero-order valence-electron chi connectivity index (χ0n) is 53.2. The van der Waals surface area contributed by atoms with Gasteiger partial charge in [-0.15, -0.1) is 0 Å². The van der Waals surface area contributed by atoms with Crippen molar-refractivity contribution in [3.63, 3.8) is 0 Å². The fourth-order valence-electron chi connectivity index (χ4n) is 11.8. The smallest absolute Gasteiger partial charge is 0.114 e. The quantitative estimate of drug-likeness (QED) is 0.0592. The van der Waals surface area contributed by atoms with Crippen LogP contribution < -0.4 is 101 Å². The molecule has 0 saturated heterocycles. The summed E-state index contributed by atoms with van der Waals surface area (Å²) in [7, 11) is -5.68. The Balaban J connectivity index is 0.000000275. The lowest BCUT2D eigenvalue weighted by atomic mass is 10.2. The number of aliphatic hydroxyl groups excluding tert-OH is 3. The summed E-state index contributed by atoms with van der Waals surface area (Å²) in [6, 6.07) is 81.9. The second-order valence-corrected chi connectivity index (χ2v) is 32.8. The Bertz CT molecular complexity index is 2630. The van der Waals surface area contributed by atoms with E-state index in [4.69, 9.17) is 0 Å². The number of hydrogen-bond acceptors (Lipinski definition) is 3. The molecule has 0 bridgehead atoms. The molecule has 0 amide bonds. The van der Waals surface area contributed by atoms with Gasteiger partial charge >= 0.3 is 0 Å². The van der Waals surface area contributed by atoms with Crippen molar-refractivity contribution in [3.05, 3.63) is 268 Å². The summed E-state index contributed by atoms with van der Waals surface area (Å²) in [5.74, 6) is 0. The minimum atomic E-state index is -1.89. The number of aliphatic hydroxyl groups is 3. The van der Waals surface area contributed by atoms with Gasteiger partial charge in [0.05, 0.1) is 38.3 Å². The molecule has 0 unspecified atom stereocenters. The van der Waals surface area contributed by atoms with Crippen LogP contribution in [0.15, 0.2) is 218 Å². The lowest BCUT2D eigenvalue weighted by Crippen LogP contribution is -3.00. The van der Waals surface area contributed by atoms with E-state index in [0.29, 0.717) is 0 Å². The zero-order chi connectivity index (χ0) is 60.0. The summed E-state index contributed by atoms with van der Waals surface area (Å²) in [5, 5.41) is 42.5. The SMILES string of the molecule is CCc1ccc([P+](CCO)(c2ccc(CC)cc2)c2ccc(CC)cc2)cc1.CCc1ccc([P+](CCO)(c2ccc(CC)cc2)c2ccc(CC)cc2)cc1.CCc1ccc([P+](CCO)(c2ccc(CC)cc2)c2ccc(CC)cc2)cc1.[Br-].[Cl-].[I-]. The Labute approximate surface area is 560 Å². The van der Waals surface area contributed by atoms with Gasteiger partial charge in [0.1, 0.15) is 69.5 Å². The van der Waals surface area contributed by atoms with Crippen LogP contribution in [0, 0.1) is 0 Å². The average Bonchev–Trinajstić information content (AvgIpc) is 3.54. The molecule has 9 aromatic rings. The standard InChI is InChI=1S/3C26H32OP.BrH.ClH.HI/c3*1-4-21-7-13-24(14-8-21)28(20-19-27,25-15-9-22(5-2)10-16-25)26-17-11-23(6-3)12-18-26;;;/h3*7-18,27H,4-6,19-20H2,1-3H3;3*1H/q3*+1;;;/p-3. The van der Waals surface area contributed by atoms with E-state index >= 15 is 0 Å². The maximum atomic E-state index is 10.1. The van der Waals surface area contributed by atoms with Gasteiger partial charge < -0.3 is 68.7 Å². The van der Waals surface area contributed by atoms with Crippen molar-refractivity contribution in [2.75, 3.05) is 38.3 Å². The monoisotopic (exact) mass is 1410 g/mol. The predicted octanol–water partition coefficient (Wildman–Crippen LogP) is 4.99. The van der Waals surface area contributed by atoms with E-state index in [-0.39, 0.29) is 73.2 Å². The van der Waals surface area contributed by atoms with Gasteiger partial charge in [0.2, 0.25) is 0 Å². The molecule has 462 valence electrons. The van der Waals surface area contributed by atoms with Crippen LogP contribution in [-0.2, 0) is 57.8 Å². The first kappa shape index (κ1) is 75.1. The van der Waals surface area contributed by atoms with Gasteiger partial charge in [-0.3, -0.25) is 0 Å². The van der Waals surface area contributed by atoms with E-state index in [9.17, 15) is 15.3 Å². The van der Waals surface area contributed by atoms with Crippen molar-refractivity contribution < 1.29 is 68.7 Å². The highest BCUT2D eigenvalue weighted by molar-refractivity contribution is 7.96. The highest BCUT2D eigenvalue weighted by Gasteiger charge is 2.47. The Hall–Kier alpha value is -4.35. The van der Waals surface area contributed by atoms with Gasteiger partial charge in [-0.25, -0.2) is 0 Å². The summed E-state index contributed by atoms with van der Waals surface area (Å²) < 4.78 is 0. The van der Waals surface area contributed by atoms with Gasteiger partial charge in [0.15, 0.2) is 0 Å². The summed E-state index contributed by atoms with van der Waals surface area (Å²) in [6.45, 7) is 20.3. The third-order valence-corrected chi connectivity index (χ3v) is 30.6. The van der Waals surface area contributed by atoms with Gasteiger partial charge in [-0.05, 0) is 217 Å². The fraction of sp³-hybridized carbons (Fsp3) is 0.308. The molecule has 0 heterocycles. The van der Waals surface area contributed by atoms with E-state index in [1.807, 2.05) is 0 Å². The van der Waals surface area contributed by atoms with Gasteiger partial charge in [0.25, 0.3) is 0 Å². The van der Waals surface area contributed by atoms with Crippen molar-refractivity contribution in [2.24, 2.45) is 0 Å². The highest BCUT2D eigenvalue weighted by atomic mass is 127. The Morgan fingerprint density at radius 2 is 0.299 bits per heavy atom. The number of hydrogen-bond donors (Lipinski definition) is 3. The molecular formula is C78H96BrClIO3P3. The molecule has 87 heavy (non-hydrogen) atoms. The fourth-order valence-corrected chi connectivity index (χ4v) is 23.7. The third-order valence-electron chi connectivity index (χ3n) is 17.4. The van der Waals surface area contributed by atoms with Crippen LogP contribution in [0.4, 0.5) is 0 Å². The first-order valence-electron chi connectivity index (χ1n) is 31.3. The molecule has 0 aromatic heterocycles. The van der Waals surface area contributed by atoms with Crippen LogP contribution in [-0.4, -0.2) is 53.6 Å². The topological polar surface area (TPSA) is 60.7 Å². The zero-order valence-corrected chi connectivity index (χ0v) is 60.4. The summed E-state index contributed by atoms with van der Waals surface area (Å²) in [5.41, 5.74) is 12.2. The molecule has 0 saturated carbocycles. The maximum absolute atomic E-state index is 10.1. The molecule has 0 aliphatic carbocycles. The molecule has 0 spiro atoms.